The first-order valence-electron chi connectivity index (χ1n) is 11.6. The van der Waals surface area contributed by atoms with Gasteiger partial charge < -0.3 is 0 Å². The van der Waals surface area contributed by atoms with E-state index in [1.807, 2.05) is 19.9 Å². The van der Waals surface area contributed by atoms with Gasteiger partial charge in [0.05, 0.1) is 0 Å². The molecule has 6 unspecified atom stereocenters. The van der Waals surface area contributed by atoms with Gasteiger partial charge in [-0.2, -0.15) is 0 Å². The van der Waals surface area contributed by atoms with Crippen LogP contribution in [0.3, 0.4) is 0 Å². The van der Waals surface area contributed by atoms with Crippen molar-refractivity contribution in [2.24, 2.45) is 40.4 Å². The van der Waals surface area contributed by atoms with Crippen molar-refractivity contribution in [2.45, 2.75) is 99.3 Å². The molecule has 7 atom stereocenters. The van der Waals surface area contributed by atoms with Crippen LogP contribution in [-0.4, -0.2) is 5.78 Å². The number of fused-ring (bicyclic) bond motifs is 5. The van der Waals surface area contributed by atoms with Crippen molar-refractivity contribution in [2.75, 3.05) is 0 Å². The highest BCUT2D eigenvalue weighted by Crippen LogP contribution is 2.67. The summed E-state index contributed by atoms with van der Waals surface area (Å²) in [6, 6.07) is 0. The zero-order valence-corrected chi connectivity index (χ0v) is 18.2. The maximum Gasteiger partial charge on any atom is 0.155 e. The standard InChI is InChI=1S/C23H36O.C2H6/c1-5-15(2)19-8-9-20-18-7-6-16-14-17(24)10-12-22(16,3)21(18)11-13-23(19,20)4;1-2/h14-15,18-21H,5-13H2,1-4H3;1-2H3/t15-,18?,19?,20?,21?,22?,23?;/m1./s1. The molecule has 3 saturated carbocycles. The van der Waals surface area contributed by atoms with Crippen LogP contribution in [0.1, 0.15) is 99.3 Å². The molecule has 0 heterocycles. The van der Waals surface area contributed by atoms with Gasteiger partial charge in [-0.1, -0.05) is 53.5 Å². The molecule has 0 N–H and O–H groups in total. The molecule has 0 aliphatic heterocycles. The number of allylic oxidation sites excluding steroid dienone is 1. The van der Waals surface area contributed by atoms with Gasteiger partial charge in [0.15, 0.2) is 5.78 Å². The van der Waals surface area contributed by atoms with Crippen LogP contribution in [0.25, 0.3) is 0 Å². The van der Waals surface area contributed by atoms with Crippen LogP contribution in [0.15, 0.2) is 11.6 Å². The molecule has 0 radical (unpaired) electrons. The first kappa shape index (κ1) is 20.2. The Balaban J connectivity index is 0.000000948. The zero-order chi connectivity index (χ0) is 19.1. The summed E-state index contributed by atoms with van der Waals surface area (Å²) in [5.74, 6) is 4.95. The summed E-state index contributed by atoms with van der Waals surface area (Å²) in [6.45, 7) is 14.0. The topological polar surface area (TPSA) is 17.1 Å². The Bertz CT molecular complexity index is 561. The smallest absolute Gasteiger partial charge is 0.155 e. The van der Waals surface area contributed by atoms with Crippen LogP contribution in [0.5, 0.6) is 0 Å². The second-order valence-corrected chi connectivity index (χ2v) is 10.1. The number of carbonyl (C=O) groups excluding carboxylic acids is 1. The number of hydrogen-bond donors (Lipinski definition) is 0. The van der Waals surface area contributed by atoms with E-state index in [2.05, 4.69) is 27.7 Å². The van der Waals surface area contributed by atoms with Crippen LogP contribution in [0, 0.1) is 40.4 Å². The summed E-state index contributed by atoms with van der Waals surface area (Å²) in [5.41, 5.74) is 2.45. The molecular formula is C25H42O. The average molecular weight is 359 g/mol. The molecule has 1 heteroatoms. The normalized spacial score (nSPS) is 45.5. The fourth-order valence-corrected chi connectivity index (χ4v) is 7.82. The van der Waals surface area contributed by atoms with E-state index in [9.17, 15) is 4.79 Å². The molecule has 0 amide bonds. The maximum absolute atomic E-state index is 11.9. The molecule has 4 rings (SSSR count). The summed E-state index contributed by atoms with van der Waals surface area (Å²) in [4.78, 5) is 11.9. The molecule has 3 fully saturated rings. The van der Waals surface area contributed by atoms with Crippen LogP contribution in [-0.2, 0) is 4.79 Å². The molecule has 4 aliphatic rings. The maximum atomic E-state index is 11.9. The van der Waals surface area contributed by atoms with E-state index in [0.717, 1.165) is 42.4 Å². The van der Waals surface area contributed by atoms with Gasteiger partial charge in [-0.25, -0.2) is 0 Å². The quantitative estimate of drug-likeness (QED) is 0.510. The van der Waals surface area contributed by atoms with Gasteiger partial charge in [-0.15, -0.1) is 0 Å². The molecule has 0 aromatic rings. The molecule has 26 heavy (non-hydrogen) atoms. The lowest BCUT2D eigenvalue weighted by Gasteiger charge is -2.58. The summed E-state index contributed by atoms with van der Waals surface area (Å²) < 4.78 is 0. The third-order valence-corrected chi connectivity index (χ3v) is 9.37. The van der Waals surface area contributed by atoms with E-state index in [-0.39, 0.29) is 0 Å². The molecule has 148 valence electrons. The van der Waals surface area contributed by atoms with E-state index in [1.165, 1.54) is 50.5 Å². The minimum Gasteiger partial charge on any atom is -0.295 e. The third kappa shape index (κ3) is 2.92. The van der Waals surface area contributed by atoms with Crippen LogP contribution >= 0.6 is 0 Å². The van der Waals surface area contributed by atoms with Crippen molar-refractivity contribution in [1.29, 1.82) is 0 Å². The predicted molar refractivity (Wildman–Crippen MR) is 111 cm³/mol. The highest BCUT2D eigenvalue weighted by molar-refractivity contribution is 5.91. The Hall–Kier alpha value is -0.590. The minimum absolute atomic E-state index is 0.340. The lowest BCUT2D eigenvalue weighted by Crippen LogP contribution is -2.50. The number of rotatable bonds is 2. The molecule has 1 nitrogen and oxygen atoms in total. The molecule has 4 aliphatic carbocycles. The van der Waals surface area contributed by atoms with Crippen molar-refractivity contribution in [3.8, 4) is 0 Å². The second-order valence-electron chi connectivity index (χ2n) is 10.1. The van der Waals surface area contributed by atoms with Crippen LogP contribution in [0.2, 0.25) is 0 Å². The summed E-state index contributed by atoms with van der Waals surface area (Å²) >= 11 is 0. The fourth-order valence-electron chi connectivity index (χ4n) is 7.82. The Kier molecular flexibility index (Phi) is 5.76. The van der Waals surface area contributed by atoms with E-state index < -0.39 is 0 Å². The molecule has 0 saturated heterocycles. The van der Waals surface area contributed by atoms with Gasteiger partial charge >= 0.3 is 0 Å². The highest BCUT2D eigenvalue weighted by atomic mass is 16.1. The lowest BCUT2D eigenvalue weighted by atomic mass is 9.46. The first-order chi connectivity index (χ1) is 12.4. The van der Waals surface area contributed by atoms with Gasteiger partial charge in [-0.05, 0) is 91.4 Å². The van der Waals surface area contributed by atoms with Crippen molar-refractivity contribution < 1.29 is 4.79 Å². The van der Waals surface area contributed by atoms with Gasteiger partial charge in [0.2, 0.25) is 0 Å². The van der Waals surface area contributed by atoms with Gasteiger partial charge in [0.1, 0.15) is 0 Å². The Morgan fingerprint density at radius 3 is 2.46 bits per heavy atom. The van der Waals surface area contributed by atoms with Crippen molar-refractivity contribution in [1.82, 2.24) is 0 Å². The fraction of sp³-hybridized carbons (Fsp3) is 0.880. The molecule has 0 spiro atoms. The summed E-state index contributed by atoms with van der Waals surface area (Å²) in [5, 5.41) is 0. The zero-order valence-electron chi connectivity index (χ0n) is 18.2. The number of carbonyl (C=O) groups is 1. The van der Waals surface area contributed by atoms with E-state index >= 15 is 0 Å². The van der Waals surface area contributed by atoms with E-state index in [1.54, 1.807) is 0 Å². The average Bonchev–Trinajstić information content (AvgIpc) is 3.00. The Morgan fingerprint density at radius 2 is 1.77 bits per heavy atom. The predicted octanol–water partition coefficient (Wildman–Crippen LogP) is 7.21. The SMILES string of the molecule is CC.CC[C@@H](C)C1CCC2C3CCC4=CC(=O)CCC4(C)C3CCC21C. The monoisotopic (exact) mass is 358 g/mol. The Morgan fingerprint density at radius 1 is 1.04 bits per heavy atom. The van der Waals surface area contributed by atoms with Gasteiger partial charge in [0.25, 0.3) is 0 Å². The summed E-state index contributed by atoms with van der Waals surface area (Å²) in [7, 11) is 0. The van der Waals surface area contributed by atoms with Gasteiger partial charge in [0, 0.05) is 6.42 Å². The molecule has 0 aromatic heterocycles. The number of hydrogen-bond acceptors (Lipinski definition) is 1. The van der Waals surface area contributed by atoms with Crippen LogP contribution < -0.4 is 0 Å². The second kappa shape index (κ2) is 7.44. The van der Waals surface area contributed by atoms with Crippen LogP contribution in [0.4, 0.5) is 0 Å². The molecular weight excluding hydrogens is 316 g/mol. The first-order valence-corrected chi connectivity index (χ1v) is 11.6. The Labute approximate surface area is 162 Å². The summed E-state index contributed by atoms with van der Waals surface area (Å²) in [6.07, 6.45) is 13.6. The molecule has 0 bridgehead atoms. The van der Waals surface area contributed by atoms with Crippen molar-refractivity contribution in [3.63, 3.8) is 0 Å². The number of ketones is 1. The van der Waals surface area contributed by atoms with Crippen molar-refractivity contribution >= 4 is 5.78 Å². The lowest BCUT2D eigenvalue weighted by molar-refractivity contribution is -0.117. The van der Waals surface area contributed by atoms with Crippen molar-refractivity contribution in [3.05, 3.63) is 11.6 Å². The highest BCUT2D eigenvalue weighted by Gasteiger charge is 2.59. The molecule has 0 aromatic carbocycles. The minimum atomic E-state index is 0.340. The van der Waals surface area contributed by atoms with Gasteiger partial charge in [-0.3, -0.25) is 4.79 Å². The largest absolute Gasteiger partial charge is 0.295 e. The van der Waals surface area contributed by atoms with E-state index in [0.29, 0.717) is 16.6 Å². The van der Waals surface area contributed by atoms with E-state index in [4.69, 9.17) is 0 Å². The third-order valence-electron chi connectivity index (χ3n) is 9.37.